The zero-order valence-electron chi connectivity index (χ0n) is 28.9. The van der Waals surface area contributed by atoms with Gasteiger partial charge in [0.05, 0.1) is 12.8 Å². The minimum absolute atomic E-state index is 0.180. The first-order chi connectivity index (χ1) is 26.4. The summed E-state index contributed by atoms with van der Waals surface area (Å²) in [6, 6.07) is 10.6. The van der Waals surface area contributed by atoms with Crippen molar-refractivity contribution in [3.63, 3.8) is 0 Å². The van der Waals surface area contributed by atoms with Crippen molar-refractivity contribution in [3.8, 4) is 34.5 Å². The van der Waals surface area contributed by atoms with E-state index in [9.17, 15) is 64.5 Å². The molecule has 294 valence electrons. The topological polar surface area (TPSA) is 301 Å². The van der Waals surface area contributed by atoms with E-state index >= 15 is 0 Å². The van der Waals surface area contributed by atoms with Crippen molar-refractivity contribution in [2.75, 3.05) is 0 Å². The average molecular weight is 779 g/mol. The Morgan fingerprint density at radius 3 is 1.30 bits per heavy atom. The lowest BCUT2D eigenvalue weighted by Crippen LogP contribution is -2.60. The van der Waals surface area contributed by atoms with Gasteiger partial charge in [-0.05, 0) is 71.3 Å². The fourth-order valence-corrected chi connectivity index (χ4v) is 5.32. The number of phenolic OH excluding ortho intramolecular Hbond substituents is 6. The Bertz CT molecular complexity index is 2010. The highest BCUT2D eigenvalue weighted by molar-refractivity contribution is 5.91. The Morgan fingerprint density at radius 1 is 0.554 bits per heavy atom. The highest BCUT2D eigenvalue weighted by Crippen LogP contribution is 2.38. The number of phenols is 6. The van der Waals surface area contributed by atoms with Gasteiger partial charge in [0.1, 0.15) is 12.2 Å². The molecule has 56 heavy (non-hydrogen) atoms. The van der Waals surface area contributed by atoms with E-state index in [0.717, 1.165) is 72.9 Å². The van der Waals surface area contributed by atoms with Crippen molar-refractivity contribution in [2.24, 2.45) is 0 Å². The van der Waals surface area contributed by atoms with Gasteiger partial charge in [0.25, 0.3) is 0 Å². The van der Waals surface area contributed by atoms with E-state index in [4.69, 9.17) is 24.1 Å². The normalized spacial score (nSPS) is 19.4. The van der Waals surface area contributed by atoms with E-state index < -0.39 is 120 Å². The molecule has 0 unspecified atom stereocenters. The van der Waals surface area contributed by atoms with Crippen LogP contribution in [0.2, 0.25) is 0 Å². The van der Waals surface area contributed by atoms with Crippen LogP contribution in [0.4, 0.5) is 0 Å². The molecule has 18 nitrogen and oxygen atoms in total. The molecule has 0 saturated heterocycles. The zero-order chi connectivity index (χ0) is 41.2. The molecule has 8 N–H and O–H groups in total. The summed E-state index contributed by atoms with van der Waals surface area (Å²) in [5.41, 5.74) is -2.09. The molecular formula is C38H34O18. The van der Waals surface area contributed by atoms with E-state index in [1.807, 2.05) is 0 Å². The molecule has 18 heteroatoms. The molecule has 0 spiro atoms. The van der Waals surface area contributed by atoms with Crippen LogP contribution in [0.1, 0.15) is 42.4 Å². The van der Waals surface area contributed by atoms with Crippen molar-refractivity contribution in [2.45, 2.75) is 49.6 Å². The van der Waals surface area contributed by atoms with Gasteiger partial charge in [-0.1, -0.05) is 18.2 Å². The number of aliphatic carboxylic acids is 2. The minimum Gasteiger partial charge on any atom is -0.504 e. The molecule has 3 aromatic carbocycles. The van der Waals surface area contributed by atoms with Crippen molar-refractivity contribution in [1.82, 2.24) is 0 Å². The van der Waals surface area contributed by atoms with E-state index in [1.165, 1.54) is 18.2 Å². The highest BCUT2D eigenvalue weighted by atomic mass is 16.6. The third kappa shape index (κ3) is 11.3. The lowest BCUT2D eigenvalue weighted by molar-refractivity contribution is -0.219. The first kappa shape index (κ1) is 41.3. The number of esters is 4. The van der Waals surface area contributed by atoms with E-state index in [0.29, 0.717) is 0 Å². The maximum atomic E-state index is 13.1. The van der Waals surface area contributed by atoms with Gasteiger partial charge in [-0.2, -0.15) is 0 Å². The van der Waals surface area contributed by atoms with Gasteiger partial charge in [-0.25, -0.2) is 19.2 Å². The Balaban J connectivity index is 1.71. The quantitative estimate of drug-likeness (QED) is 0.0504. The Kier molecular flexibility index (Phi) is 13.3. The number of hydrogen-bond acceptors (Lipinski definition) is 16. The van der Waals surface area contributed by atoms with Crippen molar-refractivity contribution >= 4 is 54.0 Å². The summed E-state index contributed by atoms with van der Waals surface area (Å²) in [4.78, 5) is 76.3. The van der Waals surface area contributed by atoms with Gasteiger partial charge in [-0.15, -0.1) is 0 Å². The Hall–Kier alpha value is -7.50. The molecule has 0 heterocycles. The van der Waals surface area contributed by atoms with Crippen molar-refractivity contribution in [1.29, 1.82) is 0 Å². The molecule has 1 fully saturated rings. The number of carboxylic acid groups (broad SMARTS) is 2. The zero-order valence-corrected chi connectivity index (χ0v) is 28.9. The summed E-state index contributed by atoms with van der Waals surface area (Å²) in [5.74, 6) is -11.0. The largest absolute Gasteiger partial charge is 0.504 e. The smallest absolute Gasteiger partial charge is 0.348 e. The van der Waals surface area contributed by atoms with Crippen LogP contribution in [-0.4, -0.2) is 101 Å². The molecule has 2 atom stereocenters. The van der Waals surface area contributed by atoms with Crippen LogP contribution >= 0.6 is 0 Å². The number of carbonyl (C=O) groups excluding carboxylic acids is 4. The van der Waals surface area contributed by atoms with Gasteiger partial charge >= 0.3 is 35.8 Å². The molecule has 0 bridgehead atoms. The number of aromatic hydroxyl groups is 6. The molecule has 3 aromatic rings. The number of carbonyl (C=O) groups is 6. The van der Waals surface area contributed by atoms with Crippen LogP contribution in [0.25, 0.3) is 18.2 Å². The SMILES string of the molecule is O=C(O)CCC(=O)OC1[C@H](OC(=O)C=Cc2ccc(O)c(O)c2)CC(OC(=O)C=Cc2ccc(O)c(O)c2)(C(=O)O)C[C@H]1OC(=O)C=Cc1ccc(O)c(O)c1. The van der Waals surface area contributed by atoms with Crippen LogP contribution in [0.5, 0.6) is 34.5 Å². The second kappa shape index (κ2) is 18.0. The minimum atomic E-state index is -2.66. The van der Waals surface area contributed by atoms with Crippen LogP contribution in [0, 0.1) is 0 Å². The number of ether oxygens (including phenoxy) is 4. The fraction of sp³-hybridized carbons (Fsp3) is 0.211. The summed E-state index contributed by atoms with van der Waals surface area (Å²) in [5, 5.41) is 77.6. The predicted octanol–water partition coefficient (Wildman–Crippen LogP) is 3.12. The molecule has 4 rings (SSSR count). The molecule has 1 aliphatic rings. The van der Waals surface area contributed by atoms with Crippen LogP contribution < -0.4 is 0 Å². The summed E-state index contributed by atoms with van der Waals surface area (Å²) in [6.45, 7) is 0. The molecule has 0 aromatic heterocycles. The molecule has 0 radical (unpaired) electrons. The van der Waals surface area contributed by atoms with E-state index in [2.05, 4.69) is 0 Å². The van der Waals surface area contributed by atoms with Gasteiger partial charge in [-0.3, -0.25) is 9.59 Å². The lowest BCUT2D eigenvalue weighted by atomic mass is 9.79. The number of rotatable bonds is 14. The van der Waals surface area contributed by atoms with Gasteiger partial charge in [0.15, 0.2) is 40.6 Å². The molecule has 0 amide bonds. The Morgan fingerprint density at radius 2 is 0.946 bits per heavy atom. The fourth-order valence-electron chi connectivity index (χ4n) is 5.32. The van der Waals surface area contributed by atoms with Gasteiger partial charge < -0.3 is 59.8 Å². The molecule has 1 aliphatic carbocycles. The monoisotopic (exact) mass is 778 g/mol. The van der Waals surface area contributed by atoms with Gasteiger partial charge in [0.2, 0.25) is 5.60 Å². The number of carboxylic acids is 2. The third-order valence-corrected chi connectivity index (χ3v) is 8.06. The van der Waals surface area contributed by atoms with Crippen molar-refractivity contribution in [3.05, 3.63) is 89.5 Å². The average Bonchev–Trinajstić information content (AvgIpc) is 3.13. The van der Waals surface area contributed by atoms with Crippen LogP contribution in [0.3, 0.4) is 0 Å². The number of benzene rings is 3. The van der Waals surface area contributed by atoms with Gasteiger partial charge in [0, 0.05) is 31.1 Å². The summed E-state index contributed by atoms with van der Waals surface area (Å²) in [7, 11) is 0. The standard InChI is InChI=1S/C38H34O18/c39-23-7-1-20(15-26(23)42)4-11-32(47)53-29-18-38(37(51)52,56-35(50)13-6-22-3-9-25(41)28(44)17-22)19-30(36(29)55-34(49)14-10-31(45)46)54-33(48)12-5-21-2-8-24(40)27(43)16-21/h1-9,11-13,15-17,29-30,36,39-44H,10,14,18-19H2,(H,45,46)(H,51,52)/t29-,30-,36?,38?/m1/s1. The van der Waals surface area contributed by atoms with Crippen molar-refractivity contribution < 1.29 is 88.6 Å². The van der Waals surface area contributed by atoms with E-state index in [1.54, 1.807) is 0 Å². The van der Waals surface area contributed by atoms with E-state index in [-0.39, 0.29) is 16.7 Å². The third-order valence-electron chi connectivity index (χ3n) is 8.06. The Labute approximate surface area is 316 Å². The summed E-state index contributed by atoms with van der Waals surface area (Å²) >= 11 is 0. The molecule has 1 saturated carbocycles. The first-order valence-corrected chi connectivity index (χ1v) is 16.3. The second-order valence-corrected chi connectivity index (χ2v) is 12.2. The highest BCUT2D eigenvalue weighted by Gasteiger charge is 2.57. The predicted molar refractivity (Wildman–Crippen MR) is 189 cm³/mol. The first-order valence-electron chi connectivity index (χ1n) is 16.3. The summed E-state index contributed by atoms with van der Waals surface area (Å²) < 4.78 is 21.8. The maximum Gasteiger partial charge on any atom is 0.348 e. The lowest BCUT2D eigenvalue weighted by Gasteiger charge is -2.43. The molecular weight excluding hydrogens is 744 g/mol. The second-order valence-electron chi connectivity index (χ2n) is 12.2. The maximum absolute atomic E-state index is 13.1. The van der Waals surface area contributed by atoms with Crippen LogP contribution in [-0.2, 0) is 47.7 Å². The number of hydrogen-bond donors (Lipinski definition) is 8. The molecule has 0 aliphatic heterocycles. The summed E-state index contributed by atoms with van der Waals surface area (Å²) in [6.07, 6.45) is -2.95. The van der Waals surface area contributed by atoms with Crippen LogP contribution in [0.15, 0.2) is 72.8 Å².